The van der Waals surface area contributed by atoms with E-state index in [4.69, 9.17) is 26.3 Å². The Balaban J connectivity index is 2.60. The first-order valence-electron chi connectivity index (χ1n) is 5.44. The molecule has 0 radical (unpaired) electrons. The fraction of sp³-hybridized carbons (Fsp3) is 0.231. The molecule has 1 rings (SSSR count). The number of hydrogen-bond donors (Lipinski definition) is 1. The zero-order valence-electron chi connectivity index (χ0n) is 10.6. The van der Waals surface area contributed by atoms with E-state index in [1.54, 1.807) is 37.5 Å². The average molecular weight is 284 g/mol. The number of benzene rings is 1. The summed E-state index contributed by atoms with van der Waals surface area (Å²) in [5.41, 5.74) is 0.700. The van der Waals surface area contributed by atoms with Crippen molar-refractivity contribution in [2.75, 3.05) is 13.7 Å². The highest BCUT2D eigenvalue weighted by Gasteiger charge is 2.01. The standard InChI is InChI=1S/C13H14ClNO4/c1-9(13(16)17)15-19-7-3-4-10-8-11(14)5-6-12(10)18-2/h3-6,8H,7H2,1-2H3,(H,16,17)/b4-3+,15-9-. The molecule has 0 spiro atoms. The van der Waals surface area contributed by atoms with Crippen LogP contribution < -0.4 is 4.74 Å². The Morgan fingerprint density at radius 2 is 2.26 bits per heavy atom. The van der Waals surface area contributed by atoms with Crippen molar-refractivity contribution in [1.82, 2.24) is 0 Å². The molecule has 19 heavy (non-hydrogen) atoms. The van der Waals surface area contributed by atoms with Crippen LogP contribution in [0.2, 0.25) is 5.02 Å². The van der Waals surface area contributed by atoms with Crippen molar-refractivity contribution in [2.45, 2.75) is 6.92 Å². The van der Waals surface area contributed by atoms with Gasteiger partial charge < -0.3 is 14.7 Å². The summed E-state index contributed by atoms with van der Waals surface area (Å²) in [5, 5.41) is 12.6. The van der Waals surface area contributed by atoms with Crippen molar-refractivity contribution in [3.63, 3.8) is 0 Å². The molecule has 0 bridgehead atoms. The molecule has 5 nitrogen and oxygen atoms in total. The van der Waals surface area contributed by atoms with Gasteiger partial charge in [-0.25, -0.2) is 4.79 Å². The normalized spacial score (nSPS) is 11.6. The smallest absolute Gasteiger partial charge is 0.353 e. The zero-order valence-corrected chi connectivity index (χ0v) is 11.3. The largest absolute Gasteiger partial charge is 0.496 e. The number of ether oxygens (including phenoxy) is 1. The summed E-state index contributed by atoms with van der Waals surface area (Å²) in [6.07, 6.45) is 3.45. The lowest BCUT2D eigenvalue weighted by molar-refractivity contribution is -0.129. The van der Waals surface area contributed by atoms with Crippen LogP contribution in [0.5, 0.6) is 5.75 Å². The molecule has 6 heteroatoms. The molecule has 0 aliphatic carbocycles. The van der Waals surface area contributed by atoms with Crippen molar-refractivity contribution in [3.05, 3.63) is 34.9 Å². The Bertz CT molecular complexity index is 511. The van der Waals surface area contributed by atoms with Crippen LogP contribution in [0.3, 0.4) is 0 Å². The predicted octanol–water partition coefficient (Wildman–Crippen LogP) is 2.84. The number of carboxylic acid groups (broad SMARTS) is 1. The Hall–Kier alpha value is -2.01. The number of methoxy groups -OCH3 is 1. The molecule has 1 aromatic rings. The number of oxime groups is 1. The molecule has 0 unspecified atom stereocenters. The van der Waals surface area contributed by atoms with Crippen molar-refractivity contribution < 1.29 is 19.5 Å². The number of halogens is 1. The average Bonchev–Trinajstić information content (AvgIpc) is 2.38. The third kappa shape index (κ3) is 5.01. The molecule has 0 fully saturated rings. The van der Waals surface area contributed by atoms with Gasteiger partial charge in [-0.15, -0.1) is 0 Å². The third-order valence-corrected chi connectivity index (χ3v) is 2.41. The van der Waals surface area contributed by atoms with Crippen LogP contribution in [0, 0.1) is 0 Å². The molecular formula is C13H14ClNO4. The third-order valence-electron chi connectivity index (χ3n) is 2.17. The molecule has 0 aromatic heterocycles. The Labute approximate surface area is 116 Å². The zero-order chi connectivity index (χ0) is 14.3. The van der Waals surface area contributed by atoms with Crippen LogP contribution in [0.25, 0.3) is 6.08 Å². The van der Waals surface area contributed by atoms with E-state index < -0.39 is 5.97 Å². The van der Waals surface area contributed by atoms with Gasteiger partial charge in [0.05, 0.1) is 7.11 Å². The first-order valence-corrected chi connectivity index (χ1v) is 5.82. The fourth-order valence-electron chi connectivity index (χ4n) is 1.23. The molecule has 0 aliphatic rings. The van der Waals surface area contributed by atoms with E-state index in [1.807, 2.05) is 0 Å². The molecule has 1 N–H and O–H groups in total. The fourth-order valence-corrected chi connectivity index (χ4v) is 1.41. The first kappa shape index (κ1) is 15.0. The minimum atomic E-state index is -1.11. The lowest BCUT2D eigenvalue weighted by atomic mass is 10.2. The minimum absolute atomic E-state index is 0.103. The maximum absolute atomic E-state index is 10.4. The second-order valence-electron chi connectivity index (χ2n) is 3.57. The maximum atomic E-state index is 10.4. The Morgan fingerprint density at radius 3 is 2.89 bits per heavy atom. The summed E-state index contributed by atoms with van der Waals surface area (Å²) >= 11 is 5.88. The van der Waals surface area contributed by atoms with Gasteiger partial charge in [0.1, 0.15) is 12.4 Å². The van der Waals surface area contributed by atoms with E-state index in [2.05, 4.69) is 5.16 Å². The second kappa shape index (κ2) is 7.43. The Morgan fingerprint density at radius 1 is 1.53 bits per heavy atom. The van der Waals surface area contributed by atoms with Crippen LogP contribution >= 0.6 is 11.6 Å². The van der Waals surface area contributed by atoms with Gasteiger partial charge in [-0.2, -0.15) is 0 Å². The lowest BCUT2D eigenvalue weighted by Gasteiger charge is -2.04. The van der Waals surface area contributed by atoms with Crippen LogP contribution in [0.1, 0.15) is 12.5 Å². The van der Waals surface area contributed by atoms with Crippen molar-refractivity contribution in [3.8, 4) is 5.75 Å². The van der Waals surface area contributed by atoms with Gasteiger partial charge in [-0.3, -0.25) is 0 Å². The van der Waals surface area contributed by atoms with E-state index in [0.717, 1.165) is 5.56 Å². The van der Waals surface area contributed by atoms with Gasteiger partial charge in [-0.05, 0) is 31.2 Å². The summed E-state index contributed by atoms with van der Waals surface area (Å²) in [6.45, 7) is 1.51. The van der Waals surface area contributed by atoms with Crippen molar-refractivity contribution in [1.29, 1.82) is 0 Å². The molecule has 0 amide bonds. The second-order valence-corrected chi connectivity index (χ2v) is 4.00. The van der Waals surface area contributed by atoms with Crippen LogP contribution in [-0.4, -0.2) is 30.5 Å². The van der Waals surface area contributed by atoms with Crippen molar-refractivity contribution in [2.24, 2.45) is 5.16 Å². The van der Waals surface area contributed by atoms with E-state index in [9.17, 15) is 4.79 Å². The molecule has 0 saturated carbocycles. The predicted molar refractivity (Wildman–Crippen MR) is 73.7 cm³/mol. The quantitative estimate of drug-likeness (QED) is 0.495. The summed E-state index contributed by atoms with van der Waals surface area (Å²) < 4.78 is 5.17. The van der Waals surface area contributed by atoms with Gasteiger partial charge in [0, 0.05) is 10.6 Å². The summed E-state index contributed by atoms with van der Waals surface area (Å²) in [7, 11) is 1.57. The highest BCUT2D eigenvalue weighted by molar-refractivity contribution is 6.34. The monoisotopic (exact) mass is 283 g/mol. The number of carbonyl (C=O) groups is 1. The van der Waals surface area contributed by atoms with E-state index in [1.165, 1.54) is 6.92 Å². The minimum Gasteiger partial charge on any atom is -0.496 e. The number of hydrogen-bond acceptors (Lipinski definition) is 4. The van der Waals surface area contributed by atoms with Gasteiger partial charge in [0.2, 0.25) is 0 Å². The topological polar surface area (TPSA) is 68.1 Å². The molecule has 0 saturated heterocycles. The van der Waals surface area contributed by atoms with E-state index in [-0.39, 0.29) is 12.3 Å². The molecule has 0 atom stereocenters. The summed E-state index contributed by atoms with van der Waals surface area (Å²) in [4.78, 5) is 15.3. The Kier molecular flexibility index (Phi) is 5.89. The summed E-state index contributed by atoms with van der Waals surface area (Å²) in [5.74, 6) is -0.425. The van der Waals surface area contributed by atoms with Crippen molar-refractivity contribution >= 4 is 29.4 Å². The van der Waals surface area contributed by atoms with Gasteiger partial charge in [-0.1, -0.05) is 22.8 Å². The lowest BCUT2D eigenvalue weighted by Crippen LogP contribution is -2.08. The maximum Gasteiger partial charge on any atom is 0.353 e. The van der Waals surface area contributed by atoms with Crippen LogP contribution in [0.15, 0.2) is 29.4 Å². The van der Waals surface area contributed by atoms with Crippen LogP contribution in [0.4, 0.5) is 0 Å². The van der Waals surface area contributed by atoms with E-state index in [0.29, 0.717) is 10.8 Å². The van der Waals surface area contributed by atoms with Crippen LogP contribution in [-0.2, 0) is 9.63 Å². The number of carboxylic acids is 1. The molecular weight excluding hydrogens is 270 g/mol. The summed E-state index contributed by atoms with van der Waals surface area (Å²) in [6, 6.07) is 5.24. The molecule has 1 aromatic carbocycles. The molecule has 0 heterocycles. The highest BCUT2D eigenvalue weighted by atomic mass is 35.5. The first-order chi connectivity index (χ1) is 9.04. The number of aliphatic carboxylic acids is 1. The van der Waals surface area contributed by atoms with Gasteiger partial charge >= 0.3 is 5.97 Å². The molecule has 0 aliphatic heterocycles. The number of nitrogens with zero attached hydrogens (tertiary/aromatic N) is 1. The van der Waals surface area contributed by atoms with Gasteiger partial charge in [0.15, 0.2) is 5.71 Å². The number of rotatable bonds is 6. The molecule has 102 valence electrons. The van der Waals surface area contributed by atoms with E-state index >= 15 is 0 Å². The SMILES string of the molecule is COc1ccc(Cl)cc1/C=C/CO/N=C(/C)C(=O)O. The van der Waals surface area contributed by atoms with Gasteiger partial charge in [0.25, 0.3) is 0 Å². The highest BCUT2D eigenvalue weighted by Crippen LogP contribution is 2.23.